The van der Waals surface area contributed by atoms with Gasteiger partial charge < -0.3 is 10.2 Å². The highest BCUT2D eigenvalue weighted by Crippen LogP contribution is 2.44. The van der Waals surface area contributed by atoms with Crippen LogP contribution < -0.4 is 10.2 Å². The summed E-state index contributed by atoms with van der Waals surface area (Å²) in [6.45, 7) is 2.76. The maximum Gasteiger partial charge on any atom is 0.269 e. The van der Waals surface area contributed by atoms with E-state index in [1.54, 1.807) is 30.3 Å². The Morgan fingerprint density at radius 2 is 1.93 bits per heavy atom. The number of allylic oxidation sites excluding steroid dienone is 1. The van der Waals surface area contributed by atoms with E-state index >= 15 is 0 Å². The molecule has 0 unspecified atom stereocenters. The summed E-state index contributed by atoms with van der Waals surface area (Å²) in [5.74, 6) is -0.574. The Morgan fingerprint density at radius 3 is 2.63 bits per heavy atom. The quantitative estimate of drug-likeness (QED) is 0.764. The molecule has 4 rings (SSSR count). The average Bonchev–Trinajstić information content (AvgIpc) is 3.11. The number of carbonyl (C=O) groups excluding carboxylic acids is 1. The normalized spacial score (nSPS) is 17.5. The predicted octanol–water partition coefficient (Wildman–Crippen LogP) is 4.25. The second kappa shape index (κ2) is 6.80. The highest BCUT2D eigenvalue weighted by Gasteiger charge is 2.41. The van der Waals surface area contributed by atoms with Crippen LogP contribution in [0.3, 0.4) is 0 Å². The molecule has 2 aromatic carbocycles. The van der Waals surface area contributed by atoms with Crippen molar-refractivity contribution in [3.05, 3.63) is 63.1 Å². The van der Waals surface area contributed by atoms with Gasteiger partial charge in [-0.2, -0.15) is 0 Å². The lowest BCUT2D eigenvalue weighted by molar-refractivity contribution is -0.112. The van der Waals surface area contributed by atoms with E-state index in [-0.39, 0.29) is 9.80 Å². The Balaban J connectivity index is 1.76. The van der Waals surface area contributed by atoms with Crippen molar-refractivity contribution in [2.24, 2.45) is 0 Å². The van der Waals surface area contributed by atoms with Crippen molar-refractivity contribution in [2.75, 3.05) is 16.8 Å². The van der Waals surface area contributed by atoms with Crippen LogP contribution in [-0.2, 0) is 21.1 Å². The molecule has 1 N–H and O–H groups in total. The zero-order valence-corrected chi connectivity index (χ0v) is 17.2. The van der Waals surface area contributed by atoms with E-state index in [2.05, 4.69) is 28.2 Å². The second-order valence-electron chi connectivity index (χ2n) is 6.65. The van der Waals surface area contributed by atoms with Gasteiger partial charge in [0.25, 0.3) is 5.91 Å². The minimum atomic E-state index is -3.88. The highest BCUT2D eigenvalue weighted by atomic mass is 79.9. The molecule has 0 aromatic heterocycles. The van der Waals surface area contributed by atoms with Gasteiger partial charge in [0.2, 0.25) is 9.84 Å². The largest absolute Gasteiger partial charge is 0.342 e. The molecule has 2 aliphatic heterocycles. The van der Waals surface area contributed by atoms with Gasteiger partial charge in [-0.15, -0.1) is 0 Å². The summed E-state index contributed by atoms with van der Waals surface area (Å²) >= 11 is 3.41. The molecule has 0 bridgehead atoms. The van der Waals surface area contributed by atoms with E-state index in [9.17, 15) is 13.2 Å². The molecular weight excluding hydrogens is 428 g/mol. The first-order chi connectivity index (χ1) is 12.9. The number of nitrogens with one attached hydrogen (secondary N) is 1. The lowest BCUT2D eigenvalue weighted by Gasteiger charge is -2.30. The van der Waals surface area contributed by atoms with E-state index in [0.29, 0.717) is 30.0 Å². The van der Waals surface area contributed by atoms with Crippen LogP contribution in [0.5, 0.6) is 0 Å². The Bertz CT molecular complexity index is 1060. The summed E-state index contributed by atoms with van der Waals surface area (Å²) in [6, 6.07) is 12.5. The predicted molar refractivity (Wildman–Crippen MR) is 109 cm³/mol. The summed E-state index contributed by atoms with van der Waals surface area (Å²) < 4.78 is 27.3. The SMILES string of the molecule is CCc1ccc(NC(=O)C2=C3CCCN3c3cc(Br)ccc3S2(=O)=O)cc1. The maximum absolute atomic E-state index is 13.2. The number of fused-ring (bicyclic) bond motifs is 3. The van der Waals surface area contributed by atoms with Crippen molar-refractivity contribution in [1.82, 2.24) is 0 Å². The molecule has 0 radical (unpaired) electrons. The van der Waals surface area contributed by atoms with Crippen molar-refractivity contribution in [3.8, 4) is 0 Å². The van der Waals surface area contributed by atoms with E-state index in [1.807, 2.05) is 17.0 Å². The van der Waals surface area contributed by atoms with Gasteiger partial charge in [0.1, 0.15) is 0 Å². The molecule has 0 aliphatic carbocycles. The van der Waals surface area contributed by atoms with Crippen LogP contribution in [0.15, 0.2) is 62.4 Å². The number of hydrogen-bond acceptors (Lipinski definition) is 4. The fourth-order valence-corrected chi connectivity index (χ4v) is 5.71. The first-order valence-corrected chi connectivity index (χ1v) is 11.1. The summed E-state index contributed by atoms with van der Waals surface area (Å²) in [5, 5.41) is 2.76. The van der Waals surface area contributed by atoms with Crippen LogP contribution >= 0.6 is 15.9 Å². The molecule has 0 saturated carbocycles. The van der Waals surface area contributed by atoms with Gasteiger partial charge >= 0.3 is 0 Å². The summed E-state index contributed by atoms with van der Waals surface area (Å²) in [7, 11) is -3.88. The minimum absolute atomic E-state index is 0.130. The standard InChI is InChI=1S/C20H19BrN2O3S/c1-2-13-5-8-15(9-6-13)22-20(24)19-16-4-3-11-23(16)17-12-14(21)7-10-18(17)27(19,25)26/h5-10,12H,2-4,11H2,1H3,(H,22,24). The second-order valence-corrected chi connectivity index (χ2v) is 9.42. The monoisotopic (exact) mass is 446 g/mol. The maximum atomic E-state index is 13.2. The summed E-state index contributed by atoms with van der Waals surface area (Å²) in [5.41, 5.74) is 2.97. The third-order valence-electron chi connectivity index (χ3n) is 4.98. The van der Waals surface area contributed by atoms with E-state index in [0.717, 1.165) is 22.9 Å². The molecule has 2 aromatic rings. The lowest BCUT2D eigenvalue weighted by atomic mass is 10.1. The van der Waals surface area contributed by atoms with Crippen molar-refractivity contribution < 1.29 is 13.2 Å². The number of amides is 1. The van der Waals surface area contributed by atoms with Crippen molar-refractivity contribution in [2.45, 2.75) is 31.1 Å². The van der Waals surface area contributed by atoms with Crippen LogP contribution in [-0.4, -0.2) is 20.9 Å². The third-order valence-corrected chi connectivity index (χ3v) is 7.36. The smallest absolute Gasteiger partial charge is 0.269 e. The van der Waals surface area contributed by atoms with Crippen LogP contribution in [0.1, 0.15) is 25.3 Å². The zero-order chi connectivity index (χ0) is 19.2. The molecular formula is C20H19BrN2O3S. The number of halogens is 1. The van der Waals surface area contributed by atoms with Crippen molar-refractivity contribution in [3.63, 3.8) is 0 Å². The molecule has 1 fully saturated rings. The molecule has 2 aliphatic rings. The highest BCUT2D eigenvalue weighted by molar-refractivity contribution is 9.10. The van der Waals surface area contributed by atoms with Gasteiger partial charge in [0, 0.05) is 22.4 Å². The van der Waals surface area contributed by atoms with Crippen molar-refractivity contribution in [1.29, 1.82) is 0 Å². The Labute approximate surface area is 167 Å². The van der Waals surface area contributed by atoms with Gasteiger partial charge in [-0.25, -0.2) is 8.42 Å². The number of rotatable bonds is 3. The average molecular weight is 447 g/mol. The third kappa shape index (κ3) is 3.08. The van der Waals surface area contributed by atoms with Gasteiger partial charge in [-0.05, 0) is 55.2 Å². The fraction of sp³-hybridized carbons (Fsp3) is 0.250. The van der Waals surface area contributed by atoms with Crippen molar-refractivity contribution >= 4 is 43.0 Å². The van der Waals surface area contributed by atoms with Gasteiger partial charge in [-0.1, -0.05) is 35.0 Å². The molecule has 1 saturated heterocycles. The number of hydrogen-bond donors (Lipinski definition) is 1. The first kappa shape index (κ1) is 18.3. The van der Waals surface area contributed by atoms with Gasteiger partial charge in [0.05, 0.1) is 10.6 Å². The number of nitrogens with zero attached hydrogens (tertiary/aromatic N) is 1. The van der Waals surface area contributed by atoms with Crippen LogP contribution in [0.2, 0.25) is 0 Å². The molecule has 27 heavy (non-hydrogen) atoms. The number of aryl methyl sites for hydroxylation is 1. The number of anilines is 2. The minimum Gasteiger partial charge on any atom is -0.342 e. The van der Waals surface area contributed by atoms with Crippen LogP contribution in [0.4, 0.5) is 11.4 Å². The molecule has 140 valence electrons. The van der Waals surface area contributed by atoms with Crippen LogP contribution in [0.25, 0.3) is 0 Å². The molecule has 1 amide bonds. The summed E-state index contributed by atoms with van der Waals surface area (Å²) in [6.07, 6.45) is 2.29. The summed E-state index contributed by atoms with van der Waals surface area (Å²) in [4.78, 5) is 15.0. The van der Waals surface area contributed by atoms with Gasteiger partial charge in [-0.3, -0.25) is 4.79 Å². The van der Waals surface area contributed by atoms with Gasteiger partial charge in [0.15, 0.2) is 4.91 Å². The fourth-order valence-electron chi connectivity index (χ4n) is 3.63. The lowest BCUT2D eigenvalue weighted by Crippen LogP contribution is -2.32. The Morgan fingerprint density at radius 1 is 1.19 bits per heavy atom. The van der Waals surface area contributed by atoms with E-state index in [1.165, 1.54) is 0 Å². The number of benzene rings is 2. The first-order valence-electron chi connectivity index (χ1n) is 8.87. The molecule has 5 nitrogen and oxygen atoms in total. The number of sulfone groups is 1. The molecule has 2 heterocycles. The Hall–Kier alpha value is -2.12. The van der Waals surface area contributed by atoms with E-state index < -0.39 is 15.7 Å². The Kier molecular flexibility index (Phi) is 4.60. The zero-order valence-electron chi connectivity index (χ0n) is 14.8. The topological polar surface area (TPSA) is 66.5 Å². The van der Waals surface area contributed by atoms with Crippen LogP contribution in [0, 0.1) is 0 Å². The molecule has 0 spiro atoms. The molecule has 0 atom stereocenters. The number of carbonyl (C=O) groups is 1. The van der Waals surface area contributed by atoms with E-state index in [4.69, 9.17) is 0 Å². The molecule has 7 heteroatoms.